The van der Waals surface area contributed by atoms with Crippen molar-refractivity contribution in [1.82, 2.24) is 19.8 Å². The largest absolute Gasteiger partial charge is 0.334 e. The van der Waals surface area contributed by atoms with Crippen molar-refractivity contribution in [2.45, 2.75) is 50.9 Å². The van der Waals surface area contributed by atoms with Gasteiger partial charge in [-0.05, 0) is 66.6 Å². The maximum Gasteiger partial charge on any atom is 0.240 e. The Balaban J connectivity index is 1.23. The third kappa shape index (κ3) is 4.39. The standard InChI is InChI=1S/C26H26FN5O/c27-21-9-8-20-2-1-3-25(23(20)12-21)32-11-10-24(26(32)33)30-15-22-14-29-17-31(22)16-19-6-4-18(13-28)5-7-19/h4-9,12,14,17,24-25,30H,1-3,10-11,15-16H2/t24-,25+/m0/s1. The second-order valence-electron chi connectivity index (χ2n) is 8.83. The average Bonchev–Trinajstić information content (AvgIpc) is 3.43. The van der Waals surface area contributed by atoms with Crippen molar-refractivity contribution in [2.24, 2.45) is 0 Å². The zero-order chi connectivity index (χ0) is 22.8. The van der Waals surface area contributed by atoms with Crippen LogP contribution in [-0.4, -0.2) is 32.9 Å². The van der Waals surface area contributed by atoms with Gasteiger partial charge in [-0.15, -0.1) is 0 Å². The second kappa shape index (κ2) is 9.16. The second-order valence-corrected chi connectivity index (χ2v) is 8.83. The molecule has 1 saturated heterocycles. The molecule has 0 saturated carbocycles. The number of likely N-dealkylation sites (tertiary alicyclic amines) is 1. The first-order valence-corrected chi connectivity index (χ1v) is 11.4. The van der Waals surface area contributed by atoms with Crippen molar-refractivity contribution < 1.29 is 9.18 Å². The third-order valence-corrected chi connectivity index (χ3v) is 6.77. The van der Waals surface area contributed by atoms with E-state index in [1.165, 1.54) is 6.07 Å². The number of aryl methyl sites for hydroxylation is 1. The van der Waals surface area contributed by atoms with Crippen molar-refractivity contribution in [1.29, 1.82) is 5.26 Å². The Bertz CT molecular complexity index is 1200. The summed E-state index contributed by atoms with van der Waals surface area (Å²) in [4.78, 5) is 19.4. The Morgan fingerprint density at radius 1 is 1.18 bits per heavy atom. The molecule has 2 heterocycles. The maximum atomic E-state index is 13.9. The van der Waals surface area contributed by atoms with E-state index in [-0.39, 0.29) is 23.8 Å². The molecular weight excluding hydrogens is 417 g/mol. The number of hydrogen-bond acceptors (Lipinski definition) is 4. The van der Waals surface area contributed by atoms with Crippen LogP contribution in [-0.2, 0) is 24.3 Å². The van der Waals surface area contributed by atoms with Crippen LogP contribution in [0.2, 0.25) is 0 Å². The van der Waals surface area contributed by atoms with Gasteiger partial charge in [0.05, 0.1) is 35.7 Å². The molecule has 0 bridgehead atoms. The van der Waals surface area contributed by atoms with E-state index >= 15 is 0 Å². The molecule has 0 spiro atoms. The van der Waals surface area contributed by atoms with E-state index in [4.69, 9.17) is 5.26 Å². The molecule has 0 radical (unpaired) electrons. The van der Waals surface area contributed by atoms with Crippen molar-refractivity contribution in [2.75, 3.05) is 6.54 Å². The number of carbonyl (C=O) groups excluding carboxylic acids is 1. The number of carbonyl (C=O) groups is 1. The van der Waals surface area contributed by atoms with Crippen LogP contribution in [0.1, 0.15) is 53.3 Å². The Hall–Kier alpha value is -3.50. The highest BCUT2D eigenvalue weighted by Gasteiger charge is 2.38. The molecule has 168 valence electrons. The Kier molecular flexibility index (Phi) is 5.93. The molecule has 7 heteroatoms. The van der Waals surface area contributed by atoms with E-state index in [1.807, 2.05) is 46.0 Å². The summed E-state index contributed by atoms with van der Waals surface area (Å²) in [5, 5.41) is 12.4. The quantitative estimate of drug-likeness (QED) is 0.630. The number of benzene rings is 2. The molecule has 1 amide bonds. The van der Waals surface area contributed by atoms with Gasteiger partial charge in [0.25, 0.3) is 0 Å². The van der Waals surface area contributed by atoms with Gasteiger partial charge in [0.1, 0.15) is 5.82 Å². The Labute approximate surface area is 192 Å². The predicted molar refractivity (Wildman–Crippen MR) is 122 cm³/mol. The molecule has 1 fully saturated rings. The van der Waals surface area contributed by atoms with E-state index in [0.29, 0.717) is 25.2 Å². The molecule has 1 N–H and O–H groups in total. The smallest absolute Gasteiger partial charge is 0.240 e. The molecule has 1 aliphatic heterocycles. The highest BCUT2D eigenvalue weighted by atomic mass is 19.1. The summed E-state index contributed by atoms with van der Waals surface area (Å²) >= 11 is 0. The van der Waals surface area contributed by atoms with E-state index in [1.54, 1.807) is 12.4 Å². The van der Waals surface area contributed by atoms with E-state index in [9.17, 15) is 9.18 Å². The zero-order valence-corrected chi connectivity index (χ0v) is 18.4. The summed E-state index contributed by atoms with van der Waals surface area (Å²) in [5.41, 5.74) is 4.84. The van der Waals surface area contributed by atoms with Crippen LogP contribution in [0.4, 0.5) is 4.39 Å². The molecule has 2 atom stereocenters. The third-order valence-electron chi connectivity index (χ3n) is 6.77. The summed E-state index contributed by atoms with van der Waals surface area (Å²) in [6.45, 7) is 1.87. The lowest BCUT2D eigenvalue weighted by Crippen LogP contribution is -2.40. The van der Waals surface area contributed by atoms with E-state index < -0.39 is 0 Å². The minimum Gasteiger partial charge on any atom is -0.334 e. The molecule has 2 aliphatic rings. The molecule has 1 aromatic heterocycles. The first kappa shape index (κ1) is 21.4. The van der Waals surface area contributed by atoms with Gasteiger partial charge in [-0.3, -0.25) is 4.79 Å². The van der Waals surface area contributed by atoms with Crippen LogP contribution in [0.5, 0.6) is 0 Å². The number of rotatable bonds is 6. The molecule has 33 heavy (non-hydrogen) atoms. The van der Waals surface area contributed by atoms with Gasteiger partial charge >= 0.3 is 0 Å². The average molecular weight is 444 g/mol. The molecule has 5 rings (SSSR count). The molecular formula is C26H26FN5O. The van der Waals surface area contributed by atoms with E-state index in [0.717, 1.165) is 48.1 Å². The normalized spacial score (nSPS) is 20.0. The Morgan fingerprint density at radius 3 is 2.85 bits per heavy atom. The van der Waals surface area contributed by atoms with Crippen LogP contribution in [0.25, 0.3) is 0 Å². The fraction of sp³-hybridized carbons (Fsp3) is 0.346. The number of nitriles is 1. The number of halogens is 1. The van der Waals surface area contributed by atoms with Crippen molar-refractivity contribution in [3.05, 3.63) is 88.8 Å². The zero-order valence-electron chi connectivity index (χ0n) is 18.4. The van der Waals surface area contributed by atoms with Gasteiger partial charge in [-0.25, -0.2) is 9.37 Å². The number of fused-ring (bicyclic) bond motifs is 1. The van der Waals surface area contributed by atoms with Gasteiger partial charge in [0.15, 0.2) is 0 Å². The van der Waals surface area contributed by atoms with Crippen LogP contribution >= 0.6 is 0 Å². The number of nitrogens with zero attached hydrogens (tertiary/aromatic N) is 4. The van der Waals surface area contributed by atoms with Gasteiger partial charge < -0.3 is 14.8 Å². The highest BCUT2D eigenvalue weighted by molar-refractivity contribution is 5.84. The monoisotopic (exact) mass is 443 g/mol. The van der Waals surface area contributed by atoms with Crippen LogP contribution in [0, 0.1) is 17.1 Å². The molecule has 6 nitrogen and oxygen atoms in total. The summed E-state index contributed by atoms with van der Waals surface area (Å²) in [6.07, 6.45) is 7.17. The maximum absolute atomic E-state index is 13.9. The van der Waals surface area contributed by atoms with Crippen LogP contribution in [0.15, 0.2) is 55.0 Å². The van der Waals surface area contributed by atoms with Crippen molar-refractivity contribution in [3.8, 4) is 6.07 Å². The van der Waals surface area contributed by atoms with Gasteiger partial charge in [-0.2, -0.15) is 5.26 Å². The predicted octanol–water partition coefficient (Wildman–Crippen LogP) is 3.71. The molecule has 1 aliphatic carbocycles. The summed E-state index contributed by atoms with van der Waals surface area (Å²) in [5.74, 6) is -0.146. The fourth-order valence-electron chi connectivity index (χ4n) is 5.02. The lowest BCUT2D eigenvalue weighted by Gasteiger charge is -2.33. The highest BCUT2D eigenvalue weighted by Crippen LogP contribution is 2.37. The van der Waals surface area contributed by atoms with Gasteiger partial charge in [0.2, 0.25) is 5.91 Å². The number of imidazole rings is 1. The van der Waals surface area contributed by atoms with Gasteiger partial charge in [0, 0.05) is 25.8 Å². The van der Waals surface area contributed by atoms with Crippen molar-refractivity contribution >= 4 is 5.91 Å². The minimum absolute atomic E-state index is 0.0364. The molecule has 2 aromatic carbocycles. The first-order chi connectivity index (χ1) is 16.1. The first-order valence-electron chi connectivity index (χ1n) is 11.4. The van der Waals surface area contributed by atoms with Crippen LogP contribution in [0.3, 0.4) is 0 Å². The molecule has 0 unspecified atom stereocenters. The fourth-order valence-corrected chi connectivity index (χ4v) is 5.02. The van der Waals surface area contributed by atoms with Crippen molar-refractivity contribution in [3.63, 3.8) is 0 Å². The SMILES string of the molecule is N#Cc1ccc(Cn2cncc2CN[C@H]2CCN([C@@H]3CCCc4ccc(F)cc43)C2=O)cc1. The number of nitrogens with one attached hydrogen (secondary N) is 1. The number of aromatic nitrogens is 2. The van der Waals surface area contributed by atoms with E-state index in [2.05, 4.69) is 16.4 Å². The summed E-state index contributed by atoms with van der Waals surface area (Å²) < 4.78 is 15.9. The number of hydrogen-bond donors (Lipinski definition) is 1. The lowest BCUT2D eigenvalue weighted by atomic mass is 9.87. The summed E-state index contributed by atoms with van der Waals surface area (Å²) in [6, 6.07) is 14.3. The van der Waals surface area contributed by atoms with Gasteiger partial charge in [-0.1, -0.05) is 18.2 Å². The molecule has 3 aromatic rings. The minimum atomic E-state index is -0.248. The summed E-state index contributed by atoms with van der Waals surface area (Å²) in [7, 11) is 0. The topological polar surface area (TPSA) is 74.0 Å². The Morgan fingerprint density at radius 2 is 2.03 bits per heavy atom. The lowest BCUT2D eigenvalue weighted by molar-refractivity contribution is -0.131. The number of amides is 1. The van der Waals surface area contributed by atoms with Crippen LogP contribution < -0.4 is 5.32 Å².